The summed E-state index contributed by atoms with van der Waals surface area (Å²) in [5, 5.41) is 8.98. The normalized spacial score (nSPS) is 29.4. The Balaban J connectivity index is 0.00000208. The molecule has 7 heteroatoms. The van der Waals surface area contributed by atoms with Crippen molar-refractivity contribution in [1.82, 2.24) is 4.72 Å². The van der Waals surface area contributed by atoms with Gasteiger partial charge in [0, 0.05) is 12.1 Å². The third-order valence-corrected chi connectivity index (χ3v) is 6.75. The average molecular weight is 370 g/mol. The van der Waals surface area contributed by atoms with Gasteiger partial charge >= 0.3 is 0 Å². The van der Waals surface area contributed by atoms with Crippen molar-refractivity contribution in [3.8, 4) is 6.07 Å². The number of nitrogens with two attached hydrogens (primary N) is 1. The van der Waals surface area contributed by atoms with E-state index in [0.29, 0.717) is 23.0 Å². The number of nitriles is 1. The number of sulfonamides is 1. The summed E-state index contributed by atoms with van der Waals surface area (Å²) in [6.45, 7) is 1.76. The fourth-order valence-electron chi connectivity index (χ4n) is 4.16. The number of fused-ring (bicyclic) bond motifs is 2. The van der Waals surface area contributed by atoms with Crippen LogP contribution in [0.15, 0.2) is 23.1 Å². The topological polar surface area (TPSA) is 96.0 Å². The number of nitrogens with zero attached hydrogens (tertiary/aromatic N) is 1. The zero-order valence-electron chi connectivity index (χ0n) is 13.7. The maximum Gasteiger partial charge on any atom is 0.240 e. The van der Waals surface area contributed by atoms with Crippen LogP contribution in [-0.4, -0.2) is 20.5 Å². The van der Waals surface area contributed by atoms with Crippen molar-refractivity contribution in [3.05, 3.63) is 29.3 Å². The molecule has 0 aromatic heterocycles. The number of benzene rings is 1. The van der Waals surface area contributed by atoms with Gasteiger partial charge < -0.3 is 5.73 Å². The van der Waals surface area contributed by atoms with Crippen molar-refractivity contribution in [2.24, 2.45) is 17.6 Å². The molecule has 2 aliphatic carbocycles. The molecule has 2 bridgehead atoms. The number of rotatable bonds is 3. The smallest absolute Gasteiger partial charge is 0.240 e. The predicted molar refractivity (Wildman–Crippen MR) is 95.3 cm³/mol. The highest BCUT2D eigenvalue weighted by Crippen LogP contribution is 2.40. The lowest BCUT2D eigenvalue weighted by Gasteiger charge is -2.45. The Morgan fingerprint density at radius 1 is 1.25 bits per heavy atom. The summed E-state index contributed by atoms with van der Waals surface area (Å²) in [6.07, 6.45) is 5.05. The lowest BCUT2D eigenvalue weighted by atomic mass is 9.67. The van der Waals surface area contributed by atoms with Gasteiger partial charge in [0.25, 0.3) is 0 Å². The van der Waals surface area contributed by atoms with Gasteiger partial charge in [-0.2, -0.15) is 5.26 Å². The molecule has 0 saturated heterocycles. The van der Waals surface area contributed by atoms with E-state index in [1.54, 1.807) is 19.1 Å². The molecule has 2 saturated carbocycles. The van der Waals surface area contributed by atoms with Crippen LogP contribution in [-0.2, 0) is 10.0 Å². The molecular formula is C17H24ClN3O2S. The van der Waals surface area contributed by atoms with E-state index < -0.39 is 10.0 Å². The van der Waals surface area contributed by atoms with Gasteiger partial charge in [0.1, 0.15) is 0 Å². The number of hydrogen-bond donors (Lipinski definition) is 2. The molecule has 3 N–H and O–H groups in total. The van der Waals surface area contributed by atoms with Crippen LogP contribution in [0.5, 0.6) is 0 Å². The Kier molecular flexibility index (Phi) is 5.92. The molecule has 0 amide bonds. The lowest BCUT2D eigenvalue weighted by Crippen LogP contribution is -2.53. The highest BCUT2D eigenvalue weighted by molar-refractivity contribution is 7.89. The number of aryl methyl sites for hydroxylation is 1. The predicted octanol–water partition coefficient (Wildman–Crippen LogP) is 2.47. The standard InChI is InChI=1S/C17H23N3O2S.ClH/c1-11-7-16(6-5-14(11)10-18)23(21,22)20-17-12-3-2-4-13(17)9-15(19)8-12;/h5-7,12-13,15,17,20H,2-4,8-9,19H2,1H3;1H. The zero-order chi connectivity index (χ0) is 16.6. The third-order valence-electron chi connectivity index (χ3n) is 5.30. The minimum absolute atomic E-state index is 0. The molecule has 2 atom stereocenters. The molecule has 24 heavy (non-hydrogen) atoms. The van der Waals surface area contributed by atoms with Gasteiger partial charge in [-0.15, -0.1) is 12.4 Å². The summed E-state index contributed by atoms with van der Waals surface area (Å²) >= 11 is 0. The molecule has 132 valence electrons. The molecule has 0 radical (unpaired) electrons. The Morgan fingerprint density at radius 3 is 2.42 bits per heavy atom. The van der Waals surface area contributed by atoms with E-state index in [1.807, 2.05) is 0 Å². The van der Waals surface area contributed by atoms with Gasteiger partial charge in [0.05, 0.1) is 16.5 Å². The highest BCUT2D eigenvalue weighted by Gasteiger charge is 2.41. The van der Waals surface area contributed by atoms with Crippen LogP contribution < -0.4 is 10.5 Å². The zero-order valence-corrected chi connectivity index (χ0v) is 15.4. The van der Waals surface area contributed by atoms with Crippen LogP contribution >= 0.6 is 12.4 Å². The maximum atomic E-state index is 12.7. The van der Waals surface area contributed by atoms with Crippen LogP contribution in [0.3, 0.4) is 0 Å². The van der Waals surface area contributed by atoms with E-state index in [9.17, 15) is 8.42 Å². The molecule has 2 aliphatic rings. The SMILES string of the molecule is Cc1cc(S(=O)(=O)NC2C3CCCC2CC(N)C3)ccc1C#N.Cl. The van der Waals surface area contributed by atoms with Crippen molar-refractivity contribution in [3.63, 3.8) is 0 Å². The number of halogens is 1. The van der Waals surface area contributed by atoms with Crippen molar-refractivity contribution in [1.29, 1.82) is 5.26 Å². The molecule has 0 aliphatic heterocycles. The van der Waals surface area contributed by atoms with E-state index in [-0.39, 0.29) is 29.4 Å². The van der Waals surface area contributed by atoms with Crippen molar-refractivity contribution in [2.75, 3.05) is 0 Å². The first-order chi connectivity index (χ1) is 10.9. The quantitative estimate of drug-likeness (QED) is 0.855. The maximum absolute atomic E-state index is 12.7. The van der Waals surface area contributed by atoms with Gasteiger partial charge in [-0.05, 0) is 68.2 Å². The second-order valence-corrected chi connectivity index (χ2v) is 8.63. The first kappa shape index (κ1) is 19.2. The van der Waals surface area contributed by atoms with E-state index in [2.05, 4.69) is 10.8 Å². The van der Waals surface area contributed by atoms with Crippen LogP contribution in [0.1, 0.15) is 43.2 Å². The van der Waals surface area contributed by atoms with Gasteiger partial charge in [0.15, 0.2) is 0 Å². The minimum Gasteiger partial charge on any atom is -0.328 e. The minimum atomic E-state index is -3.57. The van der Waals surface area contributed by atoms with Gasteiger partial charge in [-0.1, -0.05) is 6.42 Å². The molecule has 1 aromatic rings. The van der Waals surface area contributed by atoms with E-state index in [0.717, 1.165) is 32.1 Å². The van der Waals surface area contributed by atoms with Crippen molar-refractivity contribution >= 4 is 22.4 Å². The molecule has 2 unspecified atom stereocenters. The Bertz CT molecular complexity index is 731. The molecule has 0 heterocycles. The molecule has 0 spiro atoms. The van der Waals surface area contributed by atoms with Crippen LogP contribution in [0.2, 0.25) is 0 Å². The Morgan fingerprint density at radius 2 is 1.88 bits per heavy atom. The number of nitrogens with one attached hydrogen (secondary N) is 1. The summed E-state index contributed by atoms with van der Waals surface area (Å²) in [7, 11) is -3.57. The summed E-state index contributed by atoms with van der Waals surface area (Å²) in [6, 6.07) is 6.91. The van der Waals surface area contributed by atoms with Gasteiger partial charge in [-0.25, -0.2) is 13.1 Å². The van der Waals surface area contributed by atoms with Crippen LogP contribution in [0.4, 0.5) is 0 Å². The Hall–Kier alpha value is -1.13. The van der Waals surface area contributed by atoms with Crippen LogP contribution in [0, 0.1) is 30.1 Å². The summed E-state index contributed by atoms with van der Waals surface area (Å²) in [4.78, 5) is 0.238. The first-order valence-corrected chi connectivity index (χ1v) is 9.67. The summed E-state index contributed by atoms with van der Waals surface area (Å²) in [5.41, 5.74) is 7.29. The van der Waals surface area contributed by atoms with Gasteiger partial charge in [-0.3, -0.25) is 0 Å². The second kappa shape index (κ2) is 7.40. The highest BCUT2D eigenvalue weighted by atomic mass is 35.5. The third kappa shape index (κ3) is 3.75. The van der Waals surface area contributed by atoms with Gasteiger partial charge in [0.2, 0.25) is 10.0 Å². The fraction of sp³-hybridized carbons (Fsp3) is 0.588. The van der Waals surface area contributed by atoms with Crippen LogP contribution in [0.25, 0.3) is 0 Å². The summed E-state index contributed by atoms with van der Waals surface area (Å²) < 4.78 is 28.4. The largest absolute Gasteiger partial charge is 0.328 e. The first-order valence-electron chi connectivity index (χ1n) is 8.19. The average Bonchev–Trinajstić information content (AvgIpc) is 2.48. The van der Waals surface area contributed by atoms with Crippen molar-refractivity contribution in [2.45, 2.75) is 56.0 Å². The fourth-order valence-corrected chi connectivity index (χ4v) is 5.62. The van der Waals surface area contributed by atoms with Crippen molar-refractivity contribution < 1.29 is 8.42 Å². The molecular weight excluding hydrogens is 346 g/mol. The van der Waals surface area contributed by atoms with E-state index in [1.165, 1.54) is 6.07 Å². The lowest BCUT2D eigenvalue weighted by molar-refractivity contribution is 0.125. The molecule has 2 fully saturated rings. The Labute approximate surface area is 150 Å². The summed E-state index contributed by atoms with van der Waals surface area (Å²) in [5.74, 6) is 0.679. The monoisotopic (exact) mass is 369 g/mol. The molecule has 1 aromatic carbocycles. The van der Waals surface area contributed by atoms with E-state index >= 15 is 0 Å². The molecule has 5 nitrogen and oxygen atoms in total. The second-order valence-electron chi connectivity index (χ2n) is 6.92. The van der Waals surface area contributed by atoms with E-state index in [4.69, 9.17) is 11.0 Å². The molecule has 3 rings (SSSR count). The number of hydrogen-bond acceptors (Lipinski definition) is 4.